The third-order valence-electron chi connectivity index (χ3n) is 3.95. The van der Waals surface area contributed by atoms with Crippen LogP contribution in [0.5, 0.6) is 5.75 Å². The first-order valence-corrected chi connectivity index (χ1v) is 8.93. The number of nitrogens with zero attached hydrogens (tertiary/aromatic N) is 1. The van der Waals surface area contributed by atoms with Crippen LogP contribution in [0, 0.1) is 6.92 Å². The molecule has 26 heavy (non-hydrogen) atoms. The largest absolute Gasteiger partial charge is 0.487 e. The van der Waals surface area contributed by atoms with Crippen LogP contribution >= 0.6 is 11.3 Å². The van der Waals surface area contributed by atoms with E-state index in [-0.39, 0.29) is 5.91 Å². The number of rotatable bonds is 6. The third-order valence-corrected chi connectivity index (χ3v) is 5.04. The van der Waals surface area contributed by atoms with Gasteiger partial charge in [-0.3, -0.25) is 14.6 Å². The van der Waals surface area contributed by atoms with Crippen molar-refractivity contribution in [3.63, 3.8) is 0 Å². The Bertz CT molecular complexity index is 953. The number of thiophene rings is 1. The van der Waals surface area contributed by atoms with Gasteiger partial charge in [-0.2, -0.15) is 0 Å². The van der Waals surface area contributed by atoms with Crippen molar-refractivity contribution in [2.24, 2.45) is 5.73 Å². The van der Waals surface area contributed by atoms with Gasteiger partial charge in [-0.15, -0.1) is 11.3 Å². The van der Waals surface area contributed by atoms with E-state index in [9.17, 15) is 9.59 Å². The summed E-state index contributed by atoms with van der Waals surface area (Å²) in [5, 5.41) is 3.43. The molecule has 0 saturated carbocycles. The van der Waals surface area contributed by atoms with Crippen molar-refractivity contribution in [3.05, 3.63) is 58.7 Å². The predicted octanol–water partition coefficient (Wildman–Crippen LogP) is 2.79. The van der Waals surface area contributed by atoms with Gasteiger partial charge in [0.2, 0.25) is 5.91 Å². The highest BCUT2D eigenvalue weighted by Gasteiger charge is 2.20. The summed E-state index contributed by atoms with van der Waals surface area (Å²) in [5.74, 6) is -0.241. The second kappa shape index (κ2) is 7.53. The number of fused-ring (bicyclic) bond motifs is 1. The predicted molar refractivity (Wildman–Crippen MR) is 101 cm³/mol. The van der Waals surface area contributed by atoms with Gasteiger partial charge in [0, 0.05) is 21.2 Å². The highest BCUT2D eigenvalue weighted by Crippen LogP contribution is 2.33. The fraction of sp³-hybridized carbons (Fsp3) is 0.211. The minimum absolute atomic E-state index is 0.318. The van der Waals surface area contributed by atoms with Crippen LogP contribution < -0.4 is 15.8 Å². The fourth-order valence-corrected chi connectivity index (χ4v) is 3.59. The number of benzene rings is 1. The van der Waals surface area contributed by atoms with Crippen LogP contribution in [0.2, 0.25) is 0 Å². The summed E-state index contributed by atoms with van der Waals surface area (Å²) in [6, 6.07) is 10.5. The summed E-state index contributed by atoms with van der Waals surface area (Å²) in [6.45, 7) is 3.78. The van der Waals surface area contributed by atoms with Crippen molar-refractivity contribution in [2.45, 2.75) is 26.5 Å². The number of nitrogens with one attached hydrogen (secondary N) is 1. The van der Waals surface area contributed by atoms with E-state index in [1.165, 1.54) is 11.3 Å². The minimum atomic E-state index is -0.736. The Kier molecular flexibility index (Phi) is 5.18. The Morgan fingerprint density at radius 1 is 1.31 bits per heavy atom. The zero-order valence-corrected chi connectivity index (χ0v) is 15.3. The van der Waals surface area contributed by atoms with E-state index in [0.29, 0.717) is 17.9 Å². The maximum absolute atomic E-state index is 12.6. The molecule has 0 aliphatic rings. The number of aromatic nitrogens is 1. The SMILES string of the molecule is Cc1sc2ccc(OCc3ccccn3)cc2c1C(=O)N[C@H](C)C(N)=O. The number of carbonyl (C=O) groups is 2. The molecule has 0 aliphatic heterocycles. The highest BCUT2D eigenvalue weighted by molar-refractivity contribution is 7.19. The molecule has 0 radical (unpaired) electrons. The lowest BCUT2D eigenvalue weighted by molar-refractivity contribution is -0.119. The first-order chi connectivity index (χ1) is 12.5. The van der Waals surface area contributed by atoms with Crippen molar-refractivity contribution in [1.29, 1.82) is 0 Å². The number of hydrogen-bond donors (Lipinski definition) is 2. The molecule has 2 amide bonds. The molecule has 2 aromatic heterocycles. The molecule has 7 heteroatoms. The molecule has 3 N–H and O–H groups in total. The van der Waals surface area contributed by atoms with Crippen LogP contribution in [0.1, 0.15) is 27.9 Å². The summed E-state index contributed by atoms with van der Waals surface area (Å²) in [7, 11) is 0. The average molecular weight is 369 g/mol. The lowest BCUT2D eigenvalue weighted by Crippen LogP contribution is -2.42. The number of carbonyl (C=O) groups excluding carboxylic acids is 2. The molecular weight excluding hydrogens is 350 g/mol. The van der Waals surface area contributed by atoms with E-state index < -0.39 is 11.9 Å². The van der Waals surface area contributed by atoms with Crippen molar-refractivity contribution in [2.75, 3.05) is 0 Å². The van der Waals surface area contributed by atoms with Crippen molar-refractivity contribution < 1.29 is 14.3 Å². The first kappa shape index (κ1) is 17.9. The number of primary amides is 1. The first-order valence-electron chi connectivity index (χ1n) is 8.11. The third kappa shape index (κ3) is 3.83. The topological polar surface area (TPSA) is 94.3 Å². The summed E-state index contributed by atoms with van der Waals surface area (Å²) in [6.07, 6.45) is 1.71. The minimum Gasteiger partial charge on any atom is -0.487 e. The summed E-state index contributed by atoms with van der Waals surface area (Å²) < 4.78 is 6.78. The normalized spacial score (nSPS) is 11.9. The molecule has 0 unspecified atom stereocenters. The van der Waals surface area contributed by atoms with Gasteiger partial charge >= 0.3 is 0 Å². The van der Waals surface area contributed by atoms with Gasteiger partial charge in [-0.25, -0.2) is 0 Å². The molecular formula is C19H19N3O3S. The van der Waals surface area contributed by atoms with E-state index in [0.717, 1.165) is 20.7 Å². The van der Waals surface area contributed by atoms with Gasteiger partial charge in [0.05, 0.1) is 11.3 Å². The lowest BCUT2D eigenvalue weighted by atomic mass is 10.1. The Balaban J connectivity index is 1.86. The molecule has 2 heterocycles. The molecule has 3 rings (SSSR count). The molecule has 0 spiro atoms. The zero-order chi connectivity index (χ0) is 18.7. The van der Waals surface area contributed by atoms with E-state index in [1.54, 1.807) is 13.1 Å². The standard InChI is InChI=1S/C19H19N3O3S/c1-11(18(20)23)22-19(24)17-12(2)26-16-7-6-14(9-15(16)17)25-10-13-5-3-4-8-21-13/h3-9,11H,10H2,1-2H3,(H2,20,23)(H,22,24)/t11-/m1/s1. The van der Waals surface area contributed by atoms with Crippen LogP contribution in [0.25, 0.3) is 10.1 Å². The second-order valence-corrected chi connectivity index (χ2v) is 7.15. The Labute approximate surface area is 155 Å². The van der Waals surface area contributed by atoms with E-state index >= 15 is 0 Å². The molecule has 0 aliphatic carbocycles. The van der Waals surface area contributed by atoms with Crippen molar-refractivity contribution in [3.8, 4) is 5.75 Å². The van der Waals surface area contributed by atoms with Crippen LogP contribution in [-0.4, -0.2) is 22.8 Å². The molecule has 0 saturated heterocycles. The molecule has 134 valence electrons. The van der Waals surface area contributed by atoms with Crippen LogP contribution in [0.15, 0.2) is 42.6 Å². The highest BCUT2D eigenvalue weighted by atomic mass is 32.1. The maximum Gasteiger partial charge on any atom is 0.253 e. The number of pyridine rings is 1. The van der Waals surface area contributed by atoms with Crippen molar-refractivity contribution >= 4 is 33.2 Å². The van der Waals surface area contributed by atoms with E-state index in [1.807, 2.05) is 43.3 Å². The number of nitrogens with two attached hydrogens (primary N) is 1. The van der Waals surface area contributed by atoms with Gasteiger partial charge in [0.25, 0.3) is 5.91 Å². The second-order valence-electron chi connectivity index (χ2n) is 5.90. The van der Waals surface area contributed by atoms with Gasteiger partial charge in [0.1, 0.15) is 18.4 Å². The van der Waals surface area contributed by atoms with Crippen LogP contribution in [-0.2, 0) is 11.4 Å². The summed E-state index contributed by atoms with van der Waals surface area (Å²) >= 11 is 1.52. The molecule has 0 bridgehead atoms. The Morgan fingerprint density at radius 2 is 2.12 bits per heavy atom. The zero-order valence-electron chi connectivity index (χ0n) is 14.5. The molecule has 3 aromatic rings. The number of hydrogen-bond acceptors (Lipinski definition) is 5. The van der Waals surface area contributed by atoms with E-state index in [2.05, 4.69) is 10.3 Å². The van der Waals surface area contributed by atoms with Crippen LogP contribution in [0.4, 0.5) is 0 Å². The van der Waals surface area contributed by atoms with Gasteiger partial charge in [-0.05, 0) is 44.2 Å². The monoisotopic (exact) mass is 369 g/mol. The smallest absolute Gasteiger partial charge is 0.253 e. The van der Waals surface area contributed by atoms with Crippen LogP contribution in [0.3, 0.4) is 0 Å². The summed E-state index contributed by atoms with van der Waals surface area (Å²) in [5.41, 5.74) is 6.59. The Morgan fingerprint density at radius 3 is 2.81 bits per heavy atom. The molecule has 0 fully saturated rings. The number of aryl methyl sites for hydroxylation is 1. The quantitative estimate of drug-likeness (QED) is 0.698. The maximum atomic E-state index is 12.6. The molecule has 6 nitrogen and oxygen atoms in total. The summed E-state index contributed by atoms with van der Waals surface area (Å²) in [4.78, 5) is 28.9. The molecule has 1 atom stereocenters. The average Bonchev–Trinajstić information content (AvgIpc) is 2.95. The van der Waals surface area contributed by atoms with E-state index in [4.69, 9.17) is 10.5 Å². The van der Waals surface area contributed by atoms with Gasteiger partial charge < -0.3 is 15.8 Å². The number of ether oxygens (including phenoxy) is 1. The lowest BCUT2D eigenvalue weighted by Gasteiger charge is -2.11. The fourth-order valence-electron chi connectivity index (χ4n) is 2.55. The Hall–Kier alpha value is -2.93. The van der Waals surface area contributed by atoms with Crippen molar-refractivity contribution in [1.82, 2.24) is 10.3 Å². The molecule has 1 aromatic carbocycles. The van der Waals surface area contributed by atoms with Gasteiger partial charge in [0.15, 0.2) is 0 Å². The van der Waals surface area contributed by atoms with Gasteiger partial charge in [-0.1, -0.05) is 6.07 Å². The number of amides is 2.